The number of likely N-dealkylation sites (tertiary alicyclic amines) is 1. The van der Waals surface area contributed by atoms with Gasteiger partial charge in [-0.2, -0.15) is 0 Å². The number of nitrogens with zero attached hydrogens (tertiary/aromatic N) is 4. The summed E-state index contributed by atoms with van der Waals surface area (Å²) in [6.45, 7) is 10.7. The number of fused-ring (bicyclic) bond motifs is 3. The molecule has 0 bridgehead atoms. The number of pyridine rings is 1. The van der Waals surface area contributed by atoms with Gasteiger partial charge in [0.05, 0.1) is 17.0 Å². The van der Waals surface area contributed by atoms with Crippen molar-refractivity contribution < 1.29 is 19.1 Å². The van der Waals surface area contributed by atoms with E-state index in [0.717, 1.165) is 48.2 Å². The number of hydrogen-bond donors (Lipinski definition) is 3. The molecule has 5 heterocycles. The maximum Gasteiger partial charge on any atom is 0.251 e. The van der Waals surface area contributed by atoms with E-state index in [9.17, 15) is 14.4 Å². The van der Waals surface area contributed by atoms with Crippen LogP contribution in [0.25, 0.3) is 22.1 Å². The van der Waals surface area contributed by atoms with Gasteiger partial charge in [-0.3, -0.25) is 14.4 Å². The fraction of sp³-hybridized carbons (Fsp3) is 0.514. The van der Waals surface area contributed by atoms with Gasteiger partial charge in [0.25, 0.3) is 5.56 Å². The first-order valence-corrected chi connectivity index (χ1v) is 16.8. The summed E-state index contributed by atoms with van der Waals surface area (Å²) >= 11 is 6.10. The molecule has 47 heavy (non-hydrogen) atoms. The summed E-state index contributed by atoms with van der Waals surface area (Å²) in [7, 11) is 0. The van der Waals surface area contributed by atoms with Crippen molar-refractivity contribution in [3.8, 4) is 0 Å². The third kappa shape index (κ3) is 8.90. The lowest BCUT2D eigenvalue weighted by molar-refractivity contribution is -0.133. The van der Waals surface area contributed by atoms with Gasteiger partial charge in [0.1, 0.15) is 16.9 Å². The first kappa shape index (κ1) is 34.4. The highest BCUT2D eigenvalue weighted by Gasteiger charge is 2.31. The predicted octanol–water partition coefficient (Wildman–Crippen LogP) is 5.19. The molecule has 2 fully saturated rings. The lowest BCUT2D eigenvalue weighted by Gasteiger charge is -2.37. The van der Waals surface area contributed by atoms with E-state index in [1.165, 1.54) is 6.20 Å². The second-order valence-electron chi connectivity index (χ2n) is 13.5. The van der Waals surface area contributed by atoms with Gasteiger partial charge in [-0.15, -0.1) is 0 Å². The molecule has 3 N–H and O–H groups in total. The highest BCUT2D eigenvalue weighted by Crippen LogP contribution is 2.34. The number of para-hydroxylation sites is 1. The van der Waals surface area contributed by atoms with Crippen molar-refractivity contribution in [1.29, 1.82) is 0 Å². The van der Waals surface area contributed by atoms with Crippen LogP contribution >= 0.6 is 11.6 Å². The van der Waals surface area contributed by atoms with Crippen molar-refractivity contribution in [2.75, 3.05) is 37.6 Å². The summed E-state index contributed by atoms with van der Waals surface area (Å²) in [5.74, 6) is 1.29. The molecule has 11 nitrogen and oxygen atoms in total. The topological polar surface area (TPSA) is 145 Å². The Labute approximate surface area is 279 Å². The van der Waals surface area contributed by atoms with Crippen LogP contribution in [0, 0.1) is 5.92 Å². The van der Waals surface area contributed by atoms with Crippen molar-refractivity contribution in [2.45, 2.75) is 77.7 Å². The molecule has 0 aliphatic carbocycles. The lowest BCUT2D eigenvalue weighted by Crippen LogP contribution is -2.43. The number of anilines is 1. The van der Waals surface area contributed by atoms with Crippen LogP contribution in [0.2, 0.25) is 5.02 Å². The number of halogens is 1. The summed E-state index contributed by atoms with van der Waals surface area (Å²) in [5.41, 5.74) is 2.21. The number of hydrogen-bond acceptors (Lipinski definition) is 8. The summed E-state index contributed by atoms with van der Waals surface area (Å²) in [6, 6.07) is 9.50. The molecule has 0 spiro atoms. The predicted molar refractivity (Wildman–Crippen MR) is 184 cm³/mol. The largest absolute Gasteiger partial charge is 0.450 e. The number of aromatic nitrogens is 3. The van der Waals surface area contributed by atoms with Crippen LogP contribution < -0.4 is 15.8 Å². The van der Waals surface area contributed by atoms with Crippen LogP contribution in [0.1, 0.15) is 77.1 Å². The molecular formula is C35H45ClN6O5. The highest BCUT2D eigenvalue weighted by molar-refractivity contribution is 6.30. The number of benzene rings is 1. The van der Waals surface area contributed by atoms with Gasteiger partial charge in [0.15, 0.2) is 11.4 Å². The number of aliphatic hydroxyl groups is 1. The van der Waals surface area contributed by atoms with Crippen molar-refractivity contribution in [2.24, 2.45) is 5.92 Å². The summed E-state index contributed by atoms with van der Waals surface area (Å²) in [6.07, 6.45) is 5.34. The molecule has 4 aromatic rings. The Morgan fingerprint density at radius 2 is 1.87 bits per heavy atom. The molecule has 0 radical (unpaired) electrons. The molecule has 2 unspecified atom stereocenters. The first-order chi connectivity index (χ1) is 22.4. The molecule has 252 valence electrons. The molecule has 3 aromatic heterocycles. The second-order valence-corrected chi connectivity index (χ2v) is 14.0. The van der Waals surface area contributed by atoms with Crippen LogP contribution in [-0.4, -0.2) is 75.1 Å². The number of carbonyl (C=O) groups excluding carboxylic acids is 2. The molecular weight excluding hydrogens is 620 g/mol. The Hall–Kier alpha value is -3.96. The van der Waals surface area contributed by atoms with E-state index in [4.69, 9.17) is 31.1 Å². The third-order valence-corrected chi connectivity index (χ3v) is 8.63. The average Bonchev–Trinajstić information content (AvgIpc) is 3.68. The fourth-order valence-corrected chi connectivity index (χ4v) is 6.43. The third-order valence-electron chi connectivity index (χ3n) is 8.42. The van der Waals surface area contributed by atoms with E-state index in [1.807, 2.05) is 29.2 Å². The van der Waals surface area contributed by atoms with Gasteiger partial charge in [0.2, 0.25) is 11.8 Å². The molecule has 2 amide bonds. The lowest BCUT2D eigenvalue weighted by atomic mass is 9.82. The number of amides is 2. The van der Waals surface area contributed by atoms with Crippen LogP contribution in [-0.2, 0) is 16.0 Å². The molecule has 2 saturated heterocycles. The summed E-state index contributed by atoms with van der Waals surface area (Å²) in [4.78, 5) is 54.3. The number of rotatable bonds is 8. The standard InChI is InChI=1S/C31H35ClN6O4.C4H10O/c1-19-18-38(14-10-21(19)23-15-20(32)17-34-31(23)41)27(40)9-6-11-33-26(39)16-25-35-28-22-7-2-3-8-24(22)42-29(28)30(36-25)37-12-4-5-13-37;1-4(2,3)5/h2-3,7-8,15,17,19,21H,4-6,9-14,16,18H2,1H3,(H,33,39)(H,34,41);5H,1-3H3. The fourth-order valence-electron chi connectivity index (χ4n) is 6.26. The molecule has 12 heteroatoms. The van der Waals surface area contributed by atoms with Gasteiger partial charge in [-0.25, -0.2) is 9.97 Å². The first-order valence-electron chi connectivity index (χ1n) is 16.5. The number of piperidine rings is 1. The minimum absolute atomic E-state index is 0.0535. The van der Waals surface area contributed by atoms with Crippen LogP contribution in [0.15, 0.2) is 45.7 Å². The molecule has 2 atom stereocenters. The zero-order chi connectivity index (χ0) is 33.7. The van der Waals surface area contributed by atoms with E-state index in [1.54, 1.807) is 26.8 Å². The Bertz CT molecular complexity index is 1770. The van der Waals surface area contributed by atoms with Crippen LogP contribution in [0.4, 0.5) is 5.82 Å². The Morgan fingerprint density at radius 3 is 2.60 bits per heavy atom. The Balaban J connectivity index is 0.000000807. The van der Waals surface area contributed by atoms with Crippen LogP contribution in [0.5, 0.6) is 0 Å². The maximum atomic E-state index is 12.9. The van der Waals surface area contributed by atoms with Crippen molar-refractivity contribution in [3.05, 3.63) is 63.3 Å². The molecule has 2 aliphatic heterocycles. The Kier molecular flexibility index (Phi) is 10.9. The van der Waals surface area contributed by atoms with Crippen molar-refractivity contribution >= 4 is 51.3 Å². The number of furan rings is 1. The van der Waals surface area contributed by atoms with Crippen molar-refractivity contribution in [3.63, 3.8) is 0 Å². The zero-order valence-corrected chi connectivity index (χ0v) is 28.4. The van der Waals surface area contributed by atoms with Gasteiger partial charge in [-0.05, 0) is 76.5 Å². The summed E-state index contributed by atoms with van der Waals surface area (Å²) in [5, 5.41) is 12.9. The minimum Gasteiger partial charge on any atom is -0.450 e. The molecule has 1 aromatic carbocycles. The quantitative estimate of drug-likeness (QED) is 0.219. The normalized spacial score (nSPS) is 18.3. The molecule has 2 aliphatic rings. The number of nitrogens with one attached hydrogen (secondary N) is 2. The SMILES string of the molecule is CC(C)(C)O.CC1CN(C(=O)CCCNC(=O)Cc2nc(N3CCCC3)c3oc4ccccc4c3n2)CCC1c1cc(Cl)c[nH]c1=O. The van der Waals surface area contributed by atoms with E-state index >= 15 is 0 Å². The monoisotopic (exact) mass is 664 g/mol. The Morgan fingerprint density at radius 1 is 1.15 bits per heavy atom. The van der Waals surface area contributed by atoms with Gasteiger partial charge in [-0.1, -0.05) is 30.7 Å². The van der Waals surface area contributed by atoms with E-state index in [-0.39, 0.29) is 35.6 Å². The smallest absolute Gasteiger partial charge is 0.251 e. The van der Waals surface area contributed by atoms with E-state index in [2.05, 4.69) is 22.1 Å². The van der Waals surface area contributed by atoms with Gasteiger partial charge >= 0.3 is 0 Å². The molecule has 0 saturated carbocycles. The van der Waals surface area contributed by atoms with E-state index < -0.39 is 5.60 Å². The van der Waals surface area contributed by atoms with Crippen LogP contribution in [0.3, 0.4) is 0 Å². The van der Waals surface area contributed by atoms with Gasteiger partial charge < -0.3 is 29.6 Å². The highest BCUT2D eigenvalue weighted by atomic mass is 35.5. The minimum atomic E-state index is -0.500. The van der Waals surface area contributed by atoms with E-state index in [0.29, 0.717) is 60.9 Å². The van der Waals surface area contributed by atoms with Crippen molar-refractivity contribution in [1.82, 2.24) is 25.2 Å². The average molecular weight is 665 g/mol. The second kappa shape index (κ2) is 14.9. The number of carbonyl (C=O) groups is 2. The summed E-state index contributed by atoms with van der Waals surface area (Å²) < 4.78 is 6.13. The maximum absolute atomic E-state index is 12.9. The number of aromatic amines is 1. The van der Waals surface area contributed by atoms with Gasteiger partial charge in [0, 0.05) is 56.3 Å². The number of H-pyrrole nitrogens is 1. The molecule has 6 rings (SSSR count). The zero-order valence-electron chi connectivity index (χ0n) is 27.6.